The van der Waals surface area contributed by atoms with Gasteiger partial charge in [-0.3, -0.25) is 4.21 Å². The number of phenolic OH excluding ortho intramolecular Hbond substituents is 1. The lowest BCUT2D eigenvalue weighted by Gasteiger charge is -2.53. The minimum atomic E-state index is -5.54. The van der Waals surface area contributed by atoms with Gasteiger partial charge in [0, 0.05) is 28.7 Å². The number of hydrogen-bond donors (Lipinski definition) is 2. The standard InChI is InChI=1S/C32H47F5O3S/c1-30-17-15-26-25-12-11-24(38)21-23(25)20-22(29(26)27(30)13-14-28(30)39)10-7-5-3-2-4-6-8-18-41(40)19-9-16-31(33,34)32(35,36)37/h11-12,21-22,26-29,38-39H,2-10,13-20H2,1H3/t22-,26+,27-,28+,29-,30+,41-/m1/s1. The van der Waals surface area contributed by atoms with E-state index < -0.39 is 35.7 Å². The number of fused-ring (bicyclic) bond motifs is 5. The molecule has 0 aliphatic heterocycles. The van der Waals surface area contributed by atoms with Crippen LogP contribution in [-0.4, -0.2) is 44.1 Å². The van der Waals surface area contributed by atoms with Crippen LogP contribution in [0.2, 0.25) is 0 Å². The maximum absolute atomic E-state index is 13.0. The molecule has 234 valence electrons. The van der Waals surface area contributed by atoms with Gasteiger partial charge in [0.1, 0.15) is 5.75 Å². The number of halogens is 5. The van der Waals surface area contributed by atoms with Crippen LogP contribution in [0.5, 0.6) is 5.75 Å². The topological polar surface area (TPSA) is 57.5 Å². The van der Waals surface area contributed by atoms with Crippen molar-refractivity contribution in [1.29, 1.82) is 0 Å². The highest BCUT2D eigenvalue weighted by molar-refractivity contribution is 7.84. The molecule has 0 heterocycles. The normalized spacial score (nSPS) is 30.5. The van der Waals surface area contributed by atoms with Gasteiger partial charge in [0.05, 0.1) is 6.10 Å². The van der Waals surface area contributed by atoms with Crippen molar-refractivity contribution in [2.24, 2.45) is 23.2 Å². The van der Waals surface area contributed by atoms with E-state index in [9.17, 15) is 36.4 Å². The highest BCUT2D eigenvalue weighted by Crippen LogP contribution is 2.62. The molecule has 7 atom stereocenters. The van der Waals surface area contributed by atoms with Crippen molar-refractivity contribution in [1.82, 2.24) is 0 Å². The molecule has 2 saturated carbocycles. The van der Waals surface area contributed by atoms with E-state index in [0.29, 0.717) is 41.6 Å². The van der Waals surface area contributed by atoms with Gasteiger partial charge in [-0.2, -0.15) is 22.0 Å². The van der Waals surface area contributed by atoms with Crippen molar-refractivity contribution in [3.8, 4) is 5.75 Å². The molecule has 2 fully saturated rings. The van der Waals surface area contributed by atoms with Crippen molar-refractivity contribution in [2.75, 3.05) is 11.5 Å². The van der Waals surface area contributed by atoms with Gasteiger partial charge in [0.2, 0.25) is 0 Å². The number of benzene rings is 1. The molecule has 9 heteroatoms. The van der Waals surface area contributed by atoms with Gasteiger partial charge in [-0.15, -0.1) is 0 Å². The highest BCUT2D eigenvalue weighted by Gasteiger charge is 2.57. The van der Waals surface area contributed by atoms with Gasteiger partial charge in [0.25, 0.3) is 0 Å². The molecule has 1 aromatic rings. The average molecular weight is 607 g/mol. The maximum Gasteiger partial charge on any atom is 0.453 e. The Morgan fingerprint density at radius 2 is 1.59 bits per heavy atom. The molecule has 4 rings (SSSR count). The zero-order valence-corrected chi connectivity index (χ0v) is 25.1. The Morgan fingerprint density at radius 1 is 0.927 bits per heavy atom. The average Bonchev–Trinajstić information content (AvgIpc) is 3.20. The number of aliphatic hydroxyl groups excluding tert-OH is 1. The van der Waals surface area contributed by atoms with E-state index in [0.717, 1.165) is 77.0 Å². The summed E-state index contributed by atoms with van der Waals surface area (Å²) >= 11 is 0. The maximum atomic E-state index is 13.0. The molecule has 0 saturated heterocycles. The van der Waals surface area contributed by atoms with E-state index in [2.05, 4.69) is 13.0 Å². The number of unbranched alkanes of at least 4 members (excludes halogenated alkanes) is 6. The third-order valence-corrected chi connectivity index (χ3v) is 12.0. The van der Waals surface area contributed by atoms with Crippen molar-refractivity contribution >= 4 is 10.8 Å². The second-order valence-corrected chi connectivity index (χ2v) is 14.9. The molecule has 0 unspecified atom stereocenters. The fourth-order valence-electron chi connectivity index (χ4n) is 8.28. The fourth-order valence-corrected chi connectivity index (χ4v) is 9.48. The van der Waals surface area contributed by atoms with Gasteiger partial charge in [-0.05, 0) is 104 Å². The van der Waals surface area contributed by atoms with Crippen LogP contribution in [0.4, 0.5) is 22.0 Å². The van der Waals surface area contributed by atoms with Crippen molar-refractivity contribution < 1.29 is 36.4 Å². The summed E-state index contributed by atoms with van der Waals surface area (Å²) in [6.45, 7) is 2.30. The van der Waals surface area contributed by atoms with Gasteiger partial charge in [0.15, 0.2) is 0 Å². The summed E-state index contributed by atoms with van der Waals surface area (Å²) in [4.78, 5) is 0. The molecule has 0 aromatic heterocycles. The summed E-state index contributed by atoms with van der Waals surface area (Å²) < 4.78 is 74.5. The molecular formula is C32H47F5O3S. The first-order valence-electron chi connectivity index (χ1n) is 15.6. The Hall–Kier alpha value is -1.22. The second-order valence-electron chi connectivity index (χ2n) is 13.2. The molecule has 2 N–H and O–H groups in total. The van der Waals surface area contributed by atoms with Crippen molar-refractivity contribution in [3.05, 3.63) is 29.3 Å². The van der Waals surface area contributed by atoms with Crippen LogP contribution in [0.25, 0.3) is 0 Å². The lowest BCUT2D eigenvalue weighted by molar-refractivity contribution is -0.284. The largest absolute Gasteiger partial charge is 0.508 e. The molecule has 1 aromatic carbocycles. The smallest absolute Gasteiger partial charge is 0.453 e. The Balaban J connectivity index is 1.15. The molecule has 3 aliphatic carbocycles. The molecule has 3 aliphatic rings. The molecule has 3 nitrogen and oxygen atoms in total. The van der Waals surface area contributed by atoms with Crippen LogP contribution in [0.15, 0.2) is 18.2 Å². The summed E-state index contributed by atoms with van der Waals surface area (Å²) in [5, 5.41) is 21.0. The highest BCUT2D eigenvalue weighted by atomic mass is 32.2. The minimum absolute atomic E-state index is 0.0195. The Morgan fingerprint density at radius 3 is 2.29 bits per heavy atom. The van der Waals surface area contributed by atoms with E-state index in [1.165, 1.54) is 11.1 Å². The molecule has 0 amide bonds. The summed E-state index contributed by atoms with van der Waals surface area (Å²) in [5.41, 5.74) is 2.73. The van der Waals surface area contributed by atoms with E-state index >= 15 is 0 Å². The number of aromatic hydroxyl groups is 1. The summed E-state index contributed by atoms with van der Waals surface area (Å²) in [5.74, 6) is -1.91. The SMILES string of the molecule is C[C@]12CC[C@H]3c4ccc(O)cc4C[C@@H](CCCCCCCCC[S@@](=O)CCCC(F)(F)C(F)(F)F)[C@H]3[C@H]1CC[C@@H]2O. The third kappa shape index (κ3) is 7.66. The molecule has 0 radical (unpaired) electrons. The zero-order chi connectivity index (χ0) is 29.8. The first-order valence-corrected chi connectivity index (χ1v) is 17.1. The Kier molecular flexibility index (Phi) is 10.8. The van der Waals surface area contributed by atoms with E-state index in [-0.39, 0.29) is 17.3 Å². The number of hydrogen-bond acceptors (Lipinski definition) is 3. The third-order valence-electron chi connectivity index (χ3n) is 10.6. The molecule has 41 heavy (non-hydrogen) atoms. The number of phenols is 1. The Bertz CT molecular complexity index is 1030. The molecular weight excluding hydrogens is 559 g/mol. The van der Waals surface area contributed by atoms with Crippen molar-refractivity contribution in [2.45, 2.75) is 127 Å². The first-order chi connectivity index (χ1) is 19.3. The van der Waals surface area contributed by atoms with E-state index in [1.54, 1.807) is 0 Å². The zero-order valence-electron chi connectivity index (χ0n) is 24.2. The lowest BCUT2D eigenvalue weighted by Crippen LogP contribution is -2.47. The fraction of sp³-hybridized carbons (Fsp3) is 0.812. The van der Waals surface area contributed by atoms with E-state index in [1.807, 2.05) is 12.1 Å². The summed E-state index contributed by atoms with van der Waals surface area (Å²) in [7, 11) is -1.35. The summed E-state index contributed by atoms with van der Waals surface area (Å²) in [6.07, 6.45) is 5.97. The number of alkyl halides is 5. The van der Waals surface area contributed by atoms with Crippen molar-refractivity contribution in [3.63, 3.8) is 0 Å². The van der Waals surface area contributed by atoms with Gasteiger partial charge >= 0.3 is 12.1 Å². The van der Waals surface area contributed by atoms with Crippen LogP contribution >= 0.6 is 0 Å². The monoisotopic (exact) mass is 606 g/mol. The molecule has 0 spiro atoms. The Labute approximate surface area is 244 Å². The number of aliphatic hydroxyl groups is 1. The first kappa shape index (κ1) is 32.7. The predicted octanol–water partition coefficient (Wildman–Crippen LogP) is 8.68. The van der Waals surface area contributed by atoms with Crippen LogP contribution in [0.1, 0.15) is 114 Å². The molecule has 0 bridgehead atoms. The predicted molar refractivity (Wildman–Crippen MR) is 153 cm³/mol. The second kappa shape index (κ2) is 13.6. The van der Waals surface area contributed by atoms with Gasteiger partial charge < -0.3 is 10.2 Å². The minimum Gasteiger partial charge on any atom is -0.508 e. The van der Waals surface area contributed by atoms with Crippen LogP contribution in [0, 0.1) is 23.2 Å². The van der Waals surface area contributed by atoms with Crippen LogP contribution in [0.3, 0.4) is 0 Å². The lowest BCUT2D eigenvalue weighted by atomic mass is 9.52. The quantitative estimate of drug-likeness (QED) is 0.165. The van der Waals surface area contributed by atoms with E-state index in [4.69, 9.17) is 0 Å². The van der Waals surface area contributed by atoms with Crippen LogP contribution < -0.4 is 0 Å². The summed E-state index contributed by atoms with van der Waals surface area (Å²) in [6, 6.07) is 5.92. The van der Waals surface area contributed by atoms with Gasteiger partial charge in [-0.25, -0.2) is 0 Å². The van der Waals surface area contributed by atoms with Gasteiger partial charge in [-0.1, -0.05) is 51.5 Å². The number of rotatable bonds is 14. The van der Waals surface area contributed by atoms with Crippen LogP contribution in [-0.2, 0) is 17.2 Å².